The Kier molecular flexibility index (Phi) is 5.89. The van der Waals surface area contributed by atoms with E-state index in [9.17, 15) is 4.79 Å². The van der Waals surface area contributed by atoms with Crippen LogP contribution in [0.4, 0.5) is 15.8 Å². The highest BCUT2D eigenvalue weighted by molar-refractivity contribution is 6.00. The number of hydrogen-bond acceptors (Lipinski definition) is 6. The molecule has 36 heavy (non-hydrogen) atoms. The van der Waals surface area contributed by atoms with Crippen molar-refractivity contribution in [3.8, 4) is 11.4 Å². The van der Waals surface area contributed by atoms with Crippen LogP contribution in [-0.4, -0.2) is 77.6 Å². The van der Waals surface area contributed by atoms with Crippen molar-refractivity contribution in [2.75, 3.05) is 57.5 Å². The van der Waals surface area contributed by atoms with Gasteiger partial charge in [0.1, 0.15) is 17.2 Å². The molecule has 3 aliphatic rings. The Balaban J connectivity index is 1.48. The van der Waals surface area contributed by atoms with Crippen LogP contribution in [0.5, 0.6) is 0 Å². The number of H-pyrrole nitrogens is 2. The number of piperidine rings is 3. The molecule has 4 N–H and O–H groups in total. The van der Waals surface area contributed by atoms with E-state index < -0.39 is 0 Å². The molecule has 4 aromatic rings. The fourth-order valence-corrected chi connectivity index (χ4v) is 5.63. The maximum Gasteiger partial charge on any atom is 0.261 e. The van der Waals surface area contributed by atoms with Crippen molar-refractivity contribution < 1.29 is 4.39 Å². The Hall–Kier alpha value is -3.43. The molecule has 3 aliphatic heterocycles. The van der Waals surface area contributed by atoms with E-state index in [-0.39, 0.29) is 17.4 Å². The molecule has 8 nitrogen and oxygen atoms in total. The topological polar surface area (TPSA) is 92.1 Å². The maximum atomic E-state index is 15.3. The minimum atomic E-state index is -0.346. The molecule has 2 bridgehead atoms. The van der Waals surface area contributed by atoms with Gasteiger partial charge in [0.2, 0.25) is 0 Å². The first-order valence-corrected chi connectivity index (χ1v) is 12.7. The highest BCUT2D eigenvalue weighted by atomic mass is 19.1. The van der Waals surface area contributed by atoms with E-state index >= 15 is 4.39 Å². The summed E-state index contributed by atoms with van der Waals surface area (Å²) in [5, 5.41) is 7.51. The number of halogens is 1. The molecule has 0 aliphatic carbocycles. The molecular formula is C27H32FN7O. The van der Waals surface area contributed by atoms with Crippen molar-refractivity contribution in [3.63, 3.8) is 0 Å². The molecule has 188 valence electrons. The smallest absolute Gasteiger partial charge is 0.261 e. The van der Waals surface area contributed by atoms with Crippen LogP contribution in [0.1, 0.15) is 12.8 Å². The van der Waals surface area contributed by atoms with Gasteiger partial charge in [-0.1, -0.05) is 12.1 Å². The van der Waals surface area contributed by atoms with E-state index in [0.29, 0.717) is 46.1 Å². The average Bonchev–Trinajstić information content (AvgIpc) is 3.29. The van der Waals surface area contributed by atoms with E-state index in [2.05, 4.69) is 25.5 Å². The summed E-state index contributed by atoms with van der Waals surface area (Å²) in [5.41, 5.74) is 3.42. The van der Waals surface area contributed by atoms with Crippen LogP contribution in [0.2, 0.25) is 0 Å². The number of imidazole rings is 1. The number of benzene rings is 2. The van der Waals surface area contributed by atoms with Crippen LogP contribution >= 0.6 is 0 Å². The zero-order chi connectivity index (χ0) is 24.8. The second-order valence-corrected chi connectivity index (χ2v) is 10.3. The number of rotatable bonds is 7. The zero-order valence-electron chi connectivity index (χ0n) is 20.7. The quantitative estimate of drug-likeness (QED) is 0.317. The number of pyridine rings is 1. The second-order valence-electron chi connectivity index (χ2n) is 10.3. The number of aromatic nitrogens is 3. The molecule has 0 unspecified atom stereocenters. The van der Waals surface area contributed by atoms with Crippen LogP contribution in [0, 0.1) is 11.7 Å². The Morgan fingerprint density at radius 3 is 2.67 bits per heavy atom. The minimum absolute atomic E-state index is 0.196. The molecule has 0 radical (unpaired) electrons. The van der Waals surface area contributed by atoms with Crippen LogP contribution in [-0.2, 0) is 0 Å². The number of likely N-dealkylation sites (N-methyl/N-ethyl adjacent to an activating group) is 1. The zero-order valence-corrected chi connectivity index (χ0v) is 20.7. The Morgan fingerprint density at radius 1 is 1.14 bits per heavy atom. The fraction of sp³-hybridized carbons (Fsp3) is 0.407. The largest absolute Gasteiger partial charge is 0.381 e. The third-order valence-electron chi connectivity index (χ3n) is 7.59. The van der Waals surface area contributed by atoms with Gasteiger partial charge in [-0.15, -0.1) is 0 Å². The lowest BCUT2D eigenvalue weighted by Gasteiger charge is -2.45. The van der Waals surface area contributed by atoms with E-state index in [1.807, 2.05) is 43.3 Å². The lowest BCUT2D eigenvalue weighted by Crippen LogP contribution is -2.53. The van der Waals surface area contributed by atoms with Gasteiger partial charge in [-0.3, -0.25) is 4.79 Å². The summed E-state index contributed by atoms with van der Waals surface area (Å²) in [4.78, 5) is 29.0. The molecule has 2 aromatic heterocycles. The lowest BCUT2D eigenvalue weighted by molar-refractivity contribution is 0.0976. The van der Waals surface area contributed by atoms with Gasteiger partial charge in [-0.25, -0.2) is 9.37 Å². The van der Waals surface area contributed by atoms with Crippen LogP contribution < -0.4 is 16.2 Å². The summed E-state index contributed by atoms with van der Waals surface area (Å²) in [5.74, 6) is 0.669. The van der Waals surface area contributed by atoms with Crippen molar-refractivity contribution in [1.82, 2.24) is 24.8 Å². The van der Waals surface area contributed by atoms with Crippen molar-refractivity contribution in [3.05, 3.63) is 52.6 Å². The molecule has 0 amide bonds. The first-order valence-electron chi connectivity index (χ1n) is 12.7. The van der Waals surface area contributed by atoms with E-state index in [1.54, 1.807) is 6.07 Å². The third-order valence-corrected chi connectivity index (χ3v) is 7.59. The summed E-state index contributed by atoms with van der Waals surface area (Å²) in [6, 6.07) is 11.1. The molecule has 3 fully saturated rings. The molecule has 2 aromatic carbocycles. The Morgan fingerprint density at radius 2 is 1.94 bits per heavy atom. The minimum Gasteiger partial charge on any atom is -0.381 e. The Labute approximate surface area is 208 Å². The van der Waals surface area contributed by atoms with Crippen LogP contribution in [0.25, 0.3) is 33.3 Å². The first-order chi connectivity index (χ1) is 17.5. The number of hydrogen-bond donors (Lipinski definition) is 4. The van der Waals surface area contributed by atoms with Crippen molar-refractivity contribution in [2.45, 2.75) is 18.9 Å². The summed E-state index contributed by atoms with van der Waals surface area (Å²) in [6.45, 7) is 4.52. The van der Waals surface area contributed by atoms with E-state index in [4.69, 9.17) is 4.98 Å². The van der Waals surface area contributed by atoms with Gasteiger partial charge in [0.05, 0.1) is 27.9 Å². The molecule has 0 saturated carbocycles. The predicted molar refractivity (Wildman–Crippen MR) is 143 cm³/mol. The number of aromatic amines is 2. The molecule has 1 atom stereocenters. The van der Waals surface area contributed by atoms with E-state index in [1.165, 1.54) is 6.07 Å². The molecule has 0 spiro atoms. The number of nitrogens with zero attached hydrogens (tertiary/aromatic N) is 3. The normalized spacial score (nSPS) is 21.5. The highest BCUT2D eigenvalue weighted by Crippen LogP contribution is 2.37. The summed E-state index contributed by atoms with van der Waals surface area (Å²) in [6.07, 6.45) is 2.26. The standard InChI is InChI=1S/C27H32FN7O/c1-34(2)12-9-29-22-14-21-17(13-18(22)28)25(30-23-15-35-10-7-16(23)8-11-35)24(27(36)33-21)26-31-19-5-3-4-6-20(19)32-26/h3-6,13-14,16,23,29H,7-12,15H2,1-2H3,(H,31,32)(H2,30,33,36)/t23-/m1/s1. The summed E-state index contributed by atoms with van der Waals surface area (Å²) >= 11 is 0. The fourth-order valence-electron chi connectivity index (χ4n) is 5.63. The van der Waals surface area contributed by atoms with Crippen LogP contribution in [0.3, 0.4) is 0 Å². The highest BCUT2D eigenvalue weighted by Gasteiger charge is 2.35. The SMILES string of the molecule is CN(C)CCNc1cc2[nH]c(=O)c(-c3nc4ccccc4[nH]3)c(N[C@@H]3CN4CCC3CC4)c2cc1F. The van der Waals surface area contributed by atoms with Crippen molar-refractivity contribution in [2.24, 2.45) is 5.92 Å². The lowest BCUT2D eigenvalue weighted by atomic mass is 9.83. The molecular weight excluding hydrogens is 457 g/mol. The predicted octanol–water partition coefficient (Wildman–Crippen LogP) is 3.69. The molecule has 7 rings (SSSR count). The first kappa shape index (κ1) is 23.0. The van der Waals surface area contributed by atoms with Gasteiger partial charge in [-0.05, 0) is 70.2 Å². The Bertz CT molecular complexity index is 1440. The average molecular weight is 490 g/mol. The molecule has 3 saturated heterocycles. The molecule has 9 heteroatoms. The van der Waals surface area contributed by atoms with Gasteiger partial charge in [0.25, 0.3) is 5.56 Å². The maximum absolute atomic E-state index is 15.3. The van der Waals surface area contributed by atoms with Crippen molar-refractivity contribution in [1.29, 1.82) is 0 Å². The van der Waals surface area contributed by atoms with E-state index in [0.717, 1.165) is 50.1 Å². The number of fused-ring (bicyclic) bond motifs is 5. The molecule has 5 heterocycles. The third kappa shape index (κ3) is 4.22. The number of nitrogens with one attached hydrogen (secondary N) is 4. The van der Waals surface area contributed by atoms with Gasteiger partial charge in [-0.2, -0.15) is 0 Å². The van der Waals surface area contributed by atoms with Gasteiger partial charge < -0.3 is 30.4 Å². The number of para-hydroxylation sites is 2. The van der Waals surface area contributed by atoms with Crippen molar-refractivity contribution >= 4 is 33.3 Å². The van der Waals surface area contributed by atoms with Gasteiger partial charge in [0.15, 0.2) is 0 Å². The number of anilines is 2. The second kappa shape index (κ2) is 9.22. The van der Waals surface area contributed by atoms with Crippen LogP contribution in [0.15, 0.2) is 41.2 Å². The summed E-state index contributed by atoms with van der Waals surface area (Å²) in [7, 11) is 3.95. The summed E-state index contributed by atoms with van der Waals surface area (Å²) < 4.78 is 15.3. The van der Waals surface area contributed by atoms with Gasteiger partial charge >= 0.3 is 0 Å². The monoisotopic (exact) mass is 489 g/mol. The van der Waals surface area contributed by atoms with Gasteiger partial charge in [0, 0.05) is 31.1 Å².